The highest BCUT2D eigenvalue weighted by atomic mass is 16.2. The first-order chi connectivity index (χ1) is 13.0. The topological polar surface area (TPSA) is 102 Å². The zero-order chi connectivity index (χ0) is 19.1. The number of aryl methyl sites for hydroxylation is 2. The van der Waals surface area contributed by atoms with Crippen molar-refractivity contribution in [2.45, 2.75) is 25.8 Å². The van der Waals surface area contributed by atoms with E-state index in [1.54, 1.807) is 19.4 Å². The first-order valence-electron chi connectivity index (χ1n) is 8.90. The number of anilines is 2. The van der Waals surface area contributed by atoms with Crippen molar-refractivity contribution in [3.63, 3.8) is 0 Å². The summed E-state index contributed by atoms with van der Waals surface area (Å²) >= 11 is 0. The van der Waals surface area contributed by atoms with Crippen LogP contribution in [-0.4, -0.2) is 47.8 Å². The van der Waals surface area contributed by atoms with Crippen molar-refractivity contribution in [1.82, 2.24) is 28.7 Å². The second kappa shape index (κ2) is 6.53. The molecule has 3 aromatic rings. The number of hydrogen-bond donors (Lipinski definition) is 1. The van der Waals surface area contributed by atoms with Crippen molar-refractivity contribution in [3.05, 3.63) is 45.3 Å². The fourth-order valence-corrected chi connectivity index (χ4v) is 3.51. The summed E-state index contributed by atoms with van der Waals surface area (Å²) in [7, 11) is 3.17. The van der Waals surface area contributed by atoms with Crippen molar-refractivity contribution in [2.75, 3.05) is 23.3 Å². The summed E-state index contributed by atoms with van der Waals surface area (Å²) < 4.78 is 4.50. The van der Waals surface area contributed by atoms with E-state index in [0.717, 1.165) is 42.1 Å². The largest absolute Gasteiger partial charge is 0.366 e. The van der Waals surface area contributed by atoms with E-state index in [1.165, 1.54) is 11.6 Å². The lowest BCUT2D eigenvalue weighted by Gasteiger charge is -2.33. The summed E-state index contributed by atoms with van der Waals surface area (Å²) in [6.45, 7) is 3.34. The van der Waals surface area contributed by atoms with Gasteiger partial charge in [0.15, 0.2) is 5.82 Å². The smallest absolute Gasteiger partial charge is 0.330 e. The Balaban J connectivity index is 1.50. The monoisotopic (exact) mass is 370 g/mol. The van der Waals surface area contributed by atoms with Gasteiger partial charge < -0.3 is 14.8 Å². The van der Waals surface area contributed by atoms with Crippen LogP contribution in [0.15, 0.2) is 28.2 Å². The van der Waals surface area contributed by atoms with Gasteiger partial charge in [0, 0.05) is 51.8 Å². The third-order valence-electron chi connectivity index (χ3n) is 5.10. The van der Waals surface area contributed by atoms with E-state index in [9.17, 15) is 9.59 Å². The first-order valence-corrected chi connectivity index (χ1v) is 8.90. The van der Waals surface area contributed by atoms with Gasteiger partial charge in [0.1, 0.15) is 11.5 Å². The van der Waals surface area contributed by atoms with Gasteiger partial charge in [-0.15, -0.1) is 10.2 Å². The van der Waals surface area contributed by atoms with Crippen molar-refractivity contribution < 1.29 is 0 Å². The summed E-state index contributed by atoms with van der Waals surface area (Å²) in [5, 5.41) is 11.7. The van der Waals surface area contributed by atoms with Crippen molar-refractivity contribution in [1.29, 1.82) is 0 Å². The van der Waals surface area contributed by atoms with Crippen molar-refractivity contribution in [3.8, 4) is 0 Å². The summed E-state index contributed by atoms with van der Waals surface area (Å²) in [5.41, 5.74) is 0.702. The lowest BCUT2D eigenvalue weighted by molar-refractivity contribution is 0.520. The molecule has 0 bridgehead atoms. The predicted molar refractivity (Wildman–Crippen MR) is 101 cm³/mol. The highest BCUT2D eigenvalue weighted by Gasteiger charge is 2.23. The molecule has 1 aliphatic rings. The normalized spacial score (nSPS) is 15.4. The van der Waals surface area contributed by atoms with Gasteiger partial charge in [-0.25, -0.2) is 9.78 Å². The van der Waals surface area contributed by atoms with E-state index in [4.69, 9.17) is 0 Å². The fourth-order valence-electron chi connectivity index (χ4n) is 3.51. The lowest BCUT2D eigenvalue weighted by Crippen LogP contribution is -2.45. The summed E-state index contributed by atoms with van der Waals surface area (Å²) in [5.74, 6) is 1.53. The van der Waals surface area contributed by atoms with Gasteiger partial charge in [-0.3, -0.25) is 13.8 Å². The van der Waals surface area contributed by atoms with Gasteiger partial charge >= 0.3 is 5.69 Å². The minimum Gasteiger partial charge on any atom is -0.366 e. The van der Waals surface area contributed by atoms with Gasteiger partial charge in [-0.2, -0.15) is 0 Å². The molecule has 142 valence electrons. The molecular formula is C17H22N8O2. The van der Waals surface area contributed by atoms with Gasteiger partial charge in [-0.05, 0) is 19.8 Å². The highest BCUT2D eigenvalue weighted by molar-refractivity contribution is 5.62. The molecule has 0 amide bonds. The maximum atomic E-state index is 12.4. The van der Waals surface area contributed by atoms with Crippen LogP contribution in [0.25, 0.3) is 5.65 Å². The van der Waals surface area contributed by atoms with E-state index >= 15 is 0 Å². The Morgan fingerprint density at radius 1 is 1.15 bits per heavy atom. The molecular weight excluding hydrogens is 348 g/mol. The molecule has 0 unspecified atom stereocenters. The molecule has 4 heterocycles. The van der Waals surface area contributed by atoms with Crippen LogP contribution in [0, 0.1) is 6.92 Å². The van der Waals surface area contributed by atoms with E-state index in [-0.39, 0.29) is 17.3 Å². The van der Waals surface area contributed by atoms with Gasteiger partial charge in [0.25, 0.3) is 5.56 Å². The molecule has 0 aliphatic carbocycles. The minimum absolute atomic E-state index is 0.230. The van der Waals surface area contributed by atoms with Crippen LogP contribution in [0.5, 0.6) is 0 Å². The molecule has 1 aliphatic heterocycles. The Kier molecular flexibility index (Phi) is 4.17. The van der Waals surface area contributed by atoms with Crippen molar-refractivity contribution >= 4 is 17.2 Å². The SMILES string of the molecule is Cc1nnc2c(NC3CCN(c4cn(C)c(=O)n(C)c4=O)CC3)nccn12. The maximum absolute atomic E-state index is 12.4. The van der Waals surface area contributed by atoms with Gasteiger partial charge in [0.2, 0.25) is 5.65 Å². The van der Waals surface area contributed by atoms with E-state index in [2.05, 4.69) is 20.5 Å². The average Bonchev–Trinajstić information content (AvgIpc) is 3.06. The van der Waals surface area contributed by atoms with Crippen LogP contribution in [0.3, 0.4) is 0 Å². The number of aromatic nitrogens is 6. The van der Waals surface area contributed by atoms with Crippen LogP contribution >= 0.6 is 0 Å². The number of nitrogens with one attached hydrogen (secondary N) is 1. The zero-order valence-corrected chi connectivity index (χ0v) is 15.6. The quantitative estimate of drug-likeness (QED) is 0.687. The standard InChI is InChI=1S/C17H22N8O2/c1-11-20-21-15-14(18-6-9-25(11)15)19-12-4-7-24(8-5-12)13-10-22(2)17(27)23(3)16(13)26/h6,9-10,12H,4-5,7-8H2,1-3H3,(H,18,19). The molecule has 0 spiro atoms. The molecule has 27 heavy (non-hydrogen) atoms. The van der Waals surface area contributed by atoms with Crippen LogP contribution in [0.4, 0.5) is 11.5 Å². The maximum Gasteiger partial charge on any atom is 0.330 e. The molecule has 10 nitrogen and oxygen atoms in total. The number of fused-ring (bicyclic) bond motifs is 1. The number of rotatable bonds is 3. The second-order valence-corrected chi connectivity index (χ2v) is 6.89. The van der Waals surface area contributed by atoms with E-state index in [1.807, 2.05) is 22.4 Å². The highest BCUT2D eigenvalue weighted by Crippen LogP contribution is 2.20. The van der Waals surface area contributed by atoms with E-state index < -0.39 is 0 Å². The first kappa shape index (κ1) is 17.3. The van der Waals surface area contributed by atoms with Crippen LogP contribution in [-0.2, 0) is 14.1 Å². The zero-order valence-electron chi connectivity index (χ0n) is 15.6. The second-order valence-electron chi connectivity index (χ2n) is 6.89. The van der Waals surface area contributed by atoms with Crippen molar-refractivity contribution in [2.24, 2.45) is 14.1 Å². The van der Waals surface area contributed by atoms with Crippen LogP contribution in [0.1, 0.15) is 18.7 Å². The summed E-state index contributed by atoms with van der Waals surface area (Å²) in [4.78, 5) is 30.7. The third-order valence-corrected chi connectivity index (χ3v) is 5.10. The Hall–Kier alpha value is -3.17. The Bertz CT molecular complexity index is 1100. The lowest BCUT2D eigenvalue weighted by atomic mass is 10.0. The molecule has 3 aromatic heterocycles. The van der Waals surface area contributed by atoms with Crippen LogP contribution < -0.4 is 21.5 Å². The minimum atomic E-state index is -0.317. The molecule has 10 heteroatoms. The molecule has 0 radical (unpaired) electrons. The Morgan fingerprint density at radius 3 is 2.63 bits per heavy atom. The molecule has 1 N–H and O–H groups in total. The summed E-state index contributed by atoms with van der Waals surface area (Å²) in [6.07, 6.45) is 6.90. The Labute approximate surface area is 155 Å². The molecule has 1 fully saturated rings. The molecule has 1 saturated heterocycles. The predicted octanol–water partition coefficient (Wildman–Crippen LogP) is -0.0890. The number of hydrogen-bond acceptors (Lipinski definition) is 7. The molecule has 0 saturated carbocycles. The fraction of sp³-hybridized carbons (Fsp3) is 0.471. The van der Waals surface area contributed by atoms with Gasteiger partial charge in [0.05, 0.1) is 0 Å². The average molecular weight is 370 g/mol. The van der Waals surface area contributed by atoms with Crippen LogP contribution in [0.2, 0.25) is 0 Å². The third kappa shape index (κ3) is 2.96. The molecule has 4 rings (SSSR count). The number of nitrogens with zero attached hydrogens (tertiary/aromatic N) is 7. The Morgan fingerprint density at radius 2 is 1.89 bits per heavy atom. The van der Waals surface area contributed by atoms with Gasteiger partial charge in [-0.1, -0.05) is 0 Å². The molecule has 0 atom stereocenters. The number of piperidine rings is 1. The van der Waals surface area contributed by atoms with E-state index in [0.29, 0.717) is 11.3 Å². The summed E-state index contributed by atoms with van der Waals surface area (Å²) in [6, 6.07) is 0.230. The molecule has 0 aromatic carbocycles.